The lowest BCUT2D eigenvalue weighted by Gasteiger charge is -2.16. The average molecular weight is 315 g/mol. The van der Waals surface area contributed by atoms with Crippen LogP contribution in [-0.2, 0) is 4.79 Å². The van der Waals surface area contributed by atoms with Gasteiger partial charge in [-0.05, 0) is 48.9 Å². The zero-order valence-corrected chi connectivity index (χ0v) is 12.6. The highest BCUT2D eigenvalue weighted by Gasteiger charge is 2.22. The molecule has 0 radical (unpaired) electrons. The summed E-state index contributed by atoms with van der Waals surface area (Å²) in [7, 11) is 0. The summed E-state index contributed by atoms with van der Waals surface area (Å²) in [6, 6.07) is 14.0. The van der Waals surface area contributed by atoms with Gasteiger partial charge in [-0.25, -0.2) is 0 Å². The van der Waals surface area contributed by atoms with Crippen molar-refractivity contribution in [3.63, 3.8) is 0 Å². The lowest BCUT2D eigenvalue weighted by molar-refractivity contribution is -0.117. The van der Waals surface area contributed by atoms with Gasteiger partial charge in [0.15, 0.2) is 0 Å². The molecule has 2 aromatic rings. The van der Waals surface area contributed by atoms with Crippen molar-refractivity contribution in [3.8, 4) is 0 Å². The number of hydrogen-bond acceptors (Lipinski definition) is 2. The standard InChI is InChI=1S/C17H15ClN2O2/c18-13-6-8-14(9-7-13)19-17(22)12-3-1-4-15(11-12)20-10-2-5-16(20)21/h1,3-4,6-9,11H,2,5,10H2,(H,19,22). The van der Waals surface area contributed by atoms with Crippen molar-refractivity contribution >= 4 is 34.8 Å². The highest BCUT2D eigenvalue weighted by Crippen LogP contribution is 2.23. The van der Waals surface area contributed by atoms with Crippen molar-refractivity contribution < 1.29 is 9.59 Å². The van der Waals surface area contributed by atoms with Gasteiger partial charge >= 0.3 is 0 Å². The van der Waals surface area contributed by atoms with Crippen LogP contribution < -0.4 is 10.2 Å². The molecule has 1 N–H and O–H groups in total. The number of anilines is 2. The lowest BCUT2D eigenvalue weighted by atomic mass is 10.1. The Bertz CT molecular complexity index is 713. The maximum absolute atomic E-state index is 12.3. The van der Waals surface area contributed by atoms with Gasteiger partial charge in [0.2, 0.25) is 5.91 Å². The number of rotatable bonds is 3. The quantitative estimate of drug-likeness (QED) is 0.938. The fourth-order valence-electron chi connectivity index (χ4n) is 2.47. The summed E-state index contributed by atoms with van der Waals surface area (Å²) >= 11 is 5.82. The summed E-state index contributed by atoms with van der Waals surface area (Å²) in [5.41, 5.74) is 1.97. The molecule has 0 aromatic heterocycles. The van der Waals surface area contributed by atoms with Crippen LogP contribution in [0.25, 0.3) is 0 Å². The van der Waals surface area contributed by atoms with E-state index in [1.54, 1.807) is 47.4 Å². The van der Waals surface area contributed by atoms with Crippen LogP contribution in [0, 0.1) is 0 Å². The Morgan fingerprint density at radius 2 is 1.91 bits per heavy atom. The SMILES string of the molecule is O=C(Nc1ccc(Cl)cc1)c1cccc(N2CCCC2=O)c1. The fraction of sp³-hybridized carbons (Fsp3) is 0.176. The molecule has 1 aliphatic rings. The van der Waals surface area contributed by atoms with E-state index in [0.29, 0.717) is 29.2 Å². The Morgan fingerprint density at radius 1 is 1.14 bits per heavy atom. The van der Waals surface area contributed by atoms with Gasteiger partial charge in [-0.1, -0.05) is 17.7 Å². The highest BCUT2D eigenvalue weighted by molar-refractivity contribution is 6.30. The van der Waals surface area contributed by atoms with E-state index in [1.807, 2.05) is 6.07 Å². The van der Waals surface area contributed by atoms with Crippen molar-refractivity contribution in [2.45, 2.75) is 12.8 Å². The summed E-state index contributed by atoms with van der Waals surface area (Å²) in [6.45, 7) is 0.709. The van der Waals surface area contributed by atoms with Gasteiger partial charge in [-0.2, -0.15) is 0 Å². The van der Waals surface area contributed by atoms with Crippen molar-refractivity contribution in [1.29, 1.82) is 0 Å². The molecule has 1 aliphatic heterocycles. The molecule has 0 saturated carbocycles. The molecule has 4 nitrogen and oxygen atoms in total. The number of hydrogen-bond donors (Lipinski definition) is 1. The van der Waals surface area contributed by atoms with Crippen LogP contribution in [0.5, 0.6) is 0 Å². The summed E-state index contributed by atoms with van der Waals surface area (Å²) in [6.07, 6.45) is 1.43. The van der Waals surface area contributed by atoms with E-state index in [9.17, 15) is 9.59 Å². The minimum atomic E-state index is -0.212. The molecule has 2 aromatic carbocycles. The molecule has 0 atom stereocenters. The molecule has 1 saturated heterocycles. The van der Waals surface area contributed by atoms with Gasteiger partial charge in [0.25, 0.3) is 5.91 Å². The molecule has 0 spiro atoms. The maximum Gasteiger partial charge on any atom is 0.255 e. The third kappa shape index (κ3) is 3.12. The van der Waals surface area contributed by atoms with E-state index >= 15 is 0 Å². The van der Waals surface area contributed by atoms with Crippen LogP contribution >= 0.6 is 11.6 Å². The molecule has 22 heavy (non-hydrogen) atoms. The van der Waals surface area contributed by atoms with Gasteiger partial charge in [-0.3, -0.25) is 9.59 Å². The van der Waals surface area contributed by atoms with Crippen LogP contribution in [0.4, 0.5) is 11.4 Å². The van der Waals surface area contributed by atoms with Gasteiger partial charge in [0.05, 0.1) is 0 Å². The Balaban J connectivity index is 1.78. The van der Waals surface area contributed by atoms with Crippen LogP contribution in [0.1, 0.15) is 23.2 Å². The minimum absolute atomic E-state index is 0.107. The Hall–Kier alpha value is -2.33. The molecule has 0 unspecified atom stereocenters. The first-order valence-corrected chi connectivity index (χ1v) is 7.48. The van der Waals surface area contributed by atoms with Gasteiger partial charge in [-0.15, -0.1) is 0 Å². The van der Waals surface area contributed by atoms with E-state index in [4.69, 9.17) is 11.6 Å². The fourth-order valence-corrected chi connectivity index (χ4v) is 2.60. The number of benzene rings is 2. The van der Waals surface area contributed by atoms with Crippen LogP contribution in [-0.4, -0.2) is 18.4 Å². The first kappa shape index (κ1) is 14.6. The summed E-state index contributed by atoms with van der Waals surface area (Å²) in [5, 5.41) is 3.43. The Labute approximate surface area is 133 Å². The van der Waals surface area contributed by atoms with Gasteiger partial charge < -0.3 is 10.2 Å². The van der Waals surface area contributed by atoms with E-state index in [2.05, 4.69) is 5.32 Å². The molecule has 0 bridgehead atoms. The molecule has 1 heterocycles. The topological polar surface area (TPSA) is 49.4 Å². The highest BCUT2D eigenvalue weighted by atomic mass is 35.5. The van der Waals surface area contributed by atoms with E-state index < -0.39 is 0 Å². The van der Waals surface area contributed by atoms with Crippen LogP contribution in [0.3, 0.4) is 0 Å². The molecular weight excluding hydrogens is 300 g/mol. The van der Waals surface area contributed by atoms with Crippen LogP contribution in [0.15, 0.2) is 48.5 Å². The van der Waals surface area contributed by atoms with Gasteiger partial charge in [0.1, 0.15) is 0 Å². The second-order valence-electron chi connectivity index (χ2n) is 5.16. The molecule has 1 fully saturated rings. The number of carbonyl (C=O) groups is 2. The van der Waals surface area contributed by atoms with Crippen molar-refractivity contribution in [3.05, 3.63) is 59.1 Å². The third-order valence-corrected chi connectivity index (χ3v) is 3.85. The van der Waals surface area contributed by atoms with Crippen LogP contribution in [0.2, 0.25) is 5.02 Å². The minimum Gasteiger partial charge on any atom is -0.322 e. The monoisotopic (exact) mass is 314 g/mol. The number of nitrogens with one attached hydrogen (secondary N) is 1. The number of carbonyl (C=O) groups excluding carboxylic acids is 2. The average Bonchev–Trinajstić information content (AvgIpc) is 2.96. The smallest absolute Gasteiger partial charge is 0.255 e. The summed E-state index contributed by atoms with van der Waals surface area (Å²) in [5.74, 6) is -0.105. The number of nitrogens with zero attached hydrogens (tertiary/aromatic N) is 1. The van der Waals surface area contributed by atoms with Crippen molar-refractivity contribution in [2.75, 3.05) is 16.8 Å². The molecule has 5 heteroatoms. The molecular formula is C17H15ClN2O2. The maximum atomic E-state index is 12.3. The zero-order chi connectivity index (χ0) is 15.5. The second-order valence-corrected chi connectivity index (χ2v) is 5.60. The van der Waals surface area contributed by atoms with E-state index in [0.717, 1.165) is 12.1 Å². The van der Waals surface area contributed by atoms with Gasteiger partial charge in [0, 0.05) is 34.9 Å². The largest absolute Gasteiger partial charge is 0.322 e. The first-order chi connectivity index (χ1) is 10.6. The molecule has 2 amide bonds. The number of halogens is 1. The van der Waals surface area contributed by atoms with Crippen molar-refractivity contribution in [2.24, 2.45) is 0 Å². The second kappa shape index (κ2) is 6.20. The third-order valence-electron chi connectivity index (χ3n) is 3.60. The zero-order valence-electron chi connectivity index (χ0n) is 11.9. The van der Waals surface area contributed by atoms with E-state index in [-0.39, 0.29) is 11.8 Å². The molecule has 112 valence electrons. The Morgan fingerprint density at radius 3 is 2.59 bits per heavy atom. The predicted octanol–water partition coefficient (Wildman–Crippen LogP) is 3.72. The predicted molar refractivity (Wildman–Crippen MR) is 87.4 cm³/mol. The lowest BCUT2D eigenvalue weighted by Crippen LogP contribution is -2.24. The van der Waals surface area contributed by atoms with Crippen molar-refractivity contribution in [1.82, 2.24) is 0 Å². The number of amides is 2. The van der Waals surface area contributed by atoms with E-state index in [1.165, 1.54) is 0 Å². The summed E-state index contributed by atoms with van der Waals surface area (Å²) in [4.78, 5) is 25.8. The molecule has 3 rings (SSSR count). The first-order valence-electron chi connectivity index (χ1n) is 7.11. The normalized spacial score (nSPS) is 14.2. The Kier molecular flexibility index (Phi) is 4.11. The molecule has 0 aliphatic carbocycles. The summed E-state index contributed by atoms with van der Waals surface area (Å²) < 4.78 is 0.